The van der Waals surface area contributed by atoms with E-state index >= 15 is 0 Å². The number of imide groups is 1. The number of hydrogen-bond acceptors (Lipinski definition) is 6. The summed E-state index contributed by atoms with van der Waals surface area (Å²) < 4.78 is 0.862. The van der Waals surface area contributed by atoms with Gasteiger partial charge in [0.2, 0.25) is 5.91 Å². The van der Waals surface area contributed by atoms with Crippen molar-refractivity contribution in [1.29, 1.82) is 0 Å². The van der Waals surface area contributed by atoms with E-state index in [0.717, 1.165) is 17.4 Å². The summed E-state index contributed by atoms with van der Waals surface area (Å²) in [4.78, 5) is 38.8. The summed E-state index contributed by atoms with van der Waals surface area (Å²) in [7, 11) is 0. The average Bonchev–Trinajstić information content (AvgIpc) is 3.35. The highest BCUT2D eigenvalue weighted by molar-refractivity contribution is 9.10. The molecule has 0 unspecified atom stereocenters. The Morgan fingerprint density at radius 3 is 2.34 bits per heavy atom. The van der Waals surface area contributed by atoms with E-state index in [4.69, 9.17) is 0 Å². The third kappa shape index (κ3) is 2.72. The number of halogens is 1. The molecule has 3 saturated heterocycles. The van der Waals surface area contributed by atoms with Crippen molar-refractivity contribution in [2.24, 2.45) is 5.92 Å². The van der Waals surface area contributed by atoms with Gasteiger partial charge in [-0.15, -0.1) is 0 Å². The van der Waals surface area contributed by atoms with Crippen LogP contribution < -0.4 is 4.90 Å². The first-order chi connectivity index (χ1) is 14.0. The second-order valence-electron chi connectivity index (χ2n) is 7.44. The second kappa shape index (κ2) is 6.72. The molecule has 148 valence electrons. The van der Waals surface area contributed by atoms with Crippen molar-refractivity contribution in [2.45, 2.75) is 18.5 Å². The smallest absolute Gasteiger partial charge is 0.269 e. The van der Waals surface area contributed by atoms with E-state index in [9.17, 15) is 19.7 Å². The van der Waals surface area contributed by atoms with Gasteiger partial charge in [-0.1, -0.05) is 28.1 Å². The molecule has 0 spiro atoms. The van der Waals surface area contributed by atoms with E-state index in [2.05, 4.69) is 15.9 Å². The van der Waals surface area contributed by atoms with Crippen molar-refractivity contribution in [3.8, 4) is 0 Å². The third-order valence-corrected chi connectivity index (χ3v) is 6.44. The largest absolute Gasteiger partial charge is 0.274 e. The first kappa shape index (κ1) is 18.4. The van der Waals surface area contributed by atoms with Crippen LogP contribution in [0.4, 0.5) is 11.4 Å². The summed E-state index contributed by atoms with van der Waals surface area (Å²) in [6.45, 7) is 1.42. The molecule has 0 saturated carbocycles. The van der Waals surface area contributed by atoms with Gasteiger partial charge in [0.25, 0.3) is 11.6 Å². The Kier molecular flexibility index (Phi) is 4.27. The van der Waals surface area contributed by atoms with Crippen LogP contribution in [0.25, 0.3) is 0 Å². The molecule has 0 N–H and O–H groups in total. The van der Waals surface area contributed by atoms with E-state index in [1.165, 1.54) is 17.0 Å². The lowest BCUT2D eigenvalue weighted by atomic mass is 9.89. The van der Waals surface area contributed by atoms with Crippen molar-refractivity contribution in [3.05, 3.63) is 68.7 Å². The molecule has 3 heterocycles. The van der Waals surface area contributed by atoms with Crippen LogP contribution in [0.5, 0.6) is 0 Å². The predicted octanol–water partition coefficient (Wildman–Crippen LogP) is 2.89. The molecule has 0 bridgehead atoms. The number of nitro benzene ring substituents is 1. The molecule has 29 heavy (non-hydrogen) atoms. The van der Waals surface area contributed by atoms with Crippen LogP contribution in [0.1, 0.15) is 18.0 Å². The fraction of sp³-hybridized carbons (Fsp3) is 0.300. The number of amides is 2. The normalized spacial score (nSPS) is 26.8. The quantitative estimate of drug-likeness (QED) is 0.400. The summed E-state index contributed by atoms with van der Waals surface area (Å²) in [6.07, 6.45) is 0.883. The number of hydrazine groups is 1. The molecule has 8 nitrogen and oxygen atoms in total. The monoisotopic (exact) mass is 456 g/mol. The highest BCUT2D eigenvalue weighted by Gasteiger charge is 2.62. The minimum atomic E-state index is -0.589. The van der Waals surface area contributed by atoms with Gasteiger partial charge < -0.3 is 0 Å². The first-order valence-corrected chi connectivity index (χ1v) is 10.2. The van der Waals surface area contributed by atoms with Gasteiger partial charge in [-0.3, -0.25) is 19.7 Å². The number of anilines is 1. The number of nitrogens with zero attached hydrogens (tertiary/aromatic N) is 4. The van der Waals surface area contributed by atoms with E-state index in [-0.39, 0.29) is 23.5 Å². The van der Waals surface area contributed by atoms with Crippen LogP contribution in [0.3, 0.4) is 0 Å². The van der Waals surface area contributed by atoms with Crippen molar-refractivity contribution in [2.75, 3.05) is 18.0 Å². The zero-order chi connectivity index (χ0) is 20.3. The van der Waals surface area contributed by atoms with Crippen LogP contribution in [0.2, 0.25) is 0 Å². The van der Waals surface area contributed by atoms with Gasteiger partial charge in [0.05, 0.1) is 22.6 Å². The fourth-order valence-corrected chi connectivity index (χ4v) is 5.04. The first-order valence-electron chi connectivity index (χ1n) is 9.38. The third-order valence-electron chi connectivity index (χ3n) is 5.91. The highest BCUT2D eigenvalue weighted by atomic mass is 79.9. The van der Waals surface area contributed by atoms with Gasteiger partial charge in [-0.2, -0.15) is 0 Å². The summed E-state index contributed by atoms with van der Waals surface area (Å²) in [5.74, 6) is -1.08. The summed E-state index contributed by atoms with van der Waals surface area (Å²) in [5, 5.41) is 15.3. The van der Waals surface area contributed by atoms with Crippen molar-refractivity contribution < 1.29 is 14.5 Å². The molecule has 3 aliphatic heterocycles. The fourth-order valence-electron chi connectivity index (χ4n) is 4.78. The number of carbonyl (C=O) groups excluding carboxylic acids is 2. The molecule has 0 aliphatic carbocycles. The molecule has 0 aromatic heterocycles. The Bertz CT molecular complexity index is 1030. The van der Waals surface area contributed by atoms with Crippen LogP contribution in [-0.2, 0) is 9.59 Å². The predicted molar refractivity (Wildman–Crippen MR) is 108 cm³/mol. The van der Waals surface area contributed by atoms with Gasteiger partial charge in [0, 0.05) is 29.7 Å². The molecule has 2 aromatic carbocycles. The maximum atomic E-state index is 13.4. The lowest BCUT2D eigenvalue weighted by Gasteiger charge is -2.29. The maximum Gasteiger partial charge on any atom is 0.269 e. The van der Waals surface area contributed by atoms with Crippen LogP contribution in [-0.4, -0.2) is 45.9 Å². The Morgan fingerprint density at radius 2 is 1.66 bits per heavy atom. The number of non-ortho nitro benzene ring substituents is 1. The maximum absolute atomic E-state index is 13.4. The van der Waals surface area contributed by atoms with Gasteiger partial charge >= 0.3 is 0 Å². The highest BCUT2D eigenvalue weighted by Crippen LogP contribution is 2.49. The van der Waals surface area contributed by atoms with Crippen LogP contribution in [0, 0.1) is 16.0 Å². The lowest BCUT2D eigenvalue weighted by Crippen LogP contribution is -2.44. The van der Waals surface area contributed by atoms with E-state index in [1.54, 1.807) is 36.4 Å². The zero-order valence-electron chi connectivity index (χ0n) is 15.3. The molecule has 2 amide bonds. The molecule has 5 rings (SSSR count). The van der Waals surface area contributed by atoms with Crippen LogP contribution in [0.15, 0.2) is 53.0 Å². The molecular formula is C20H17BrN4O4. The van der Waals surface area contributed by atoms with Gasteiger partial charge in [-0.25, -0.2) is 14.9 Å². The van der Waals surface area contributed by atoms with Gasteiger partial charge in [0.1, 0.15) is 6.04 Å². The van der Waals surface area contributed by atoms with E-state index in [0.29, 0.717) is 17.8 Å². The molecule has 0 radical (unpaired) electrons. The van der Waals surface area contributed by atoms with Crippen molar-refractivity contribution >= 4 is 39.1 Å². The zero-order valence-corrected chi connectivity index (χ0v) is 16.9. The Hall–Kier alpha value is -2.62. The molecule has 3 aliphatic rings. The van der Waals surface area contributed by atoms with Gasteiger partial charge in [-0.05, 0) is 36.2 Å². The van der Waals surface area contributed by atoms with Crippen LogP contribution >= 0.6 is 15.9 Å². The standard InChI is InChI=1S/C20H17BrN4O4/c21-13-5-7-14(8-6-13)24-19(26)16-17(12-3-1-4-15(11-12)25(28)29)22-9-2-10-23(22)18(16)20(24)27/h1,3-8,11,16-18H,2,9-10H2/t16-,17-,18+/m1/s1. The minimum Gasteiger partial charge on any atom is -0.274 e. The second-order valence-corrected chi connectivity index (χ2v) is 8.35. The molecule has 9 heteroatoms. The number of nitro groups is 1. The lowest BCUT2D eigenvalue weighted by molar-refractivity contribution is -0.385. The Balaban J connectivity index is 1.58. The molecular weight excluding hydrogens is 440 g/mol. The molecule has 2 aromatic rings. The Labute approximate surface area is 174 Å². The molecule has 3 atom stereocenters. The SMILES string of the molecule is O=C1[C@H]2[C@@H](C(=O)N1c1ccc(Br)cc1)N1CCCN1[C@@H]2c1cccc([N+](=O)[O-])c1. The van der Waals surface area contributed by atoms with E-state index < -0.39 is 16.9 Å². The van der Waals surface area contributed by atoms with Crippen molar-refractivity contribution in [1.82, 2.24) is 10.0 Å². The summed E-state index contributed by atoms with van der Waals surface area (Å²) in [5.41, 5.74) is 1.22. The van der Waals surface area contributed by atoms with Crippen molar-refractivity contribution in [3.63, 3.8) is 0 Å². The topological polar surface area (TPSA) is 87.0 Å². The number of carbonyl (C=O) groups is 2. The number of rotatable bonds is 3. The van der Waals surface area contributed by atoms with E-state index in [1.807, 2.05) is 10.0 Å². The minimum absolute atomic E-state index is 0.0155. The summed E-state index contributed by atoms with van der Waals surface area (Å²) >= 11 is 3.37. The molecule has 3 fully saturated rings. The number of fused-ring (bicyclic) bond motifs is 3. The average molecular weight is 457 g/mol. The van der Waals surface area contributed by atoms with Gasteiger partial charge in [0.15, 0.2) is 0 Å². The number of benzene rings is 2. The Morgan fingerprint density at radius 1 is 0.966 bits per heavy atom. The summed E-state index contributed by atoms with van der Waals surface area (Å²) in [6, 6.07) is 12.5. The number of hydrogen-bond donors (Lipinski definition) is 0.